The molecule has 0 amide bonds. The van der Waals surface area contributed by atoms with E-state index in [4.69, 9.17) is 0 Å². The van der Waals surface area contributed by atoms with Gasteiger partial charge in [0.1, 0.15) is 5.60 Å². The van der Waals surface area contributed by atoms with Gasteiger partial charge < -0.3 is 5.11 Å². The number of hydrogen-bond donors (Lipinski definition) is 1. The van der Waals surface area contributed by atoms with Crippen LogP contribution in [0.15, 0.2) is 6.20 Å². The van der Waals surface area contributed by atoms with Gasteiger partial charge in [-0.25, -0.2) is 4.68 Å². The Labute approximate surface area is 96.7 Å². The van der Waals surface area contributed by atoms with Crippen molar-refractivity contribution in [2.45, 2.75) is 45.6 Å². The van der Waals surface area contributed by atoms with E-state index in [0.29, 0.717) is 5.92 Å². The van der Waals surface area contributed by atoms with Gasteiger partial charge in [0.2, 0.25) is 0 Å². The Hall–Kier alpha value is -0.900. The summed E-state index contributed by atoms with van der Waals surface area (Å²) in [5.74, 6) is 0.531. The SMILES string of the molecule is CC1CC(C)(C)CC(O)(c2cnnn2C)C1. The number of hydrogen-bond acceptors (Lipinski definition) is 3. The van der Waals surface area contributed by atoms with E-state index in [2.05, 4.69) is 31.1 Å². The Balaban J connectivity index is 2.34. The summed E-state index contributed by atoms with van der Waals surface area (Å²) in [6.07, 6.45) is 4.44. The molecular weight excluding hydrogens is 202 g/mol. The van der Waals surface area contributed by atoms with Crippen LogP contribution in [0.4, 0.5) is 0 Å². The highest BCUT2D eigenvalue weighted by atomic mass is 16.3. The molecule has 1 aromatic rings. The molecule has 4 nitrogen and oxygen atoms in total. The zero-order valence-corrected chi connectivity index (χ0v) is 10.6. The van der Waals surface area contributed by atoms with Crippen LogP contribution in [0, 0.1) is 11.3 Å². The van der Waals surface area contributed by atoms with Crippen LogP contribution in [0.2, 0.25) is 0 Å². The molecule has 2 atom stereocenters. The highest BCUT2D eigenvalue weighted by Crippen LogP contribution is 2.48. The standard InChI is InChI=1S/C12H21N3O/c1-9-5-11(2,3)8-12(16,6-9)10-7-13-14-15(10)4/h7,9,16H,5-6,8H2,1-4H3. The van der Waals surface area contributed by atoms with Crippen molar-refractivity contribution in [3.8, 4) is 0 Å². The molecule has 4 heteroatoms. The molecule has 0 aliphatic heterocycles. The summed E-state index contributed by atoms with van der Waals surface area (Å²) in [6, 6.07) is 0. The first-order valence-electron chi connectivity index (χ1n) is 5.90. The highest BCUT2D eigenvalue weighted by molar-refractivity contribution is 5.11. The van der Waals surface area contributed by atoms with Gasteiger partial charge in [0.05, 0.1) is 11.9 Å². The van der Waals surface area contributed by atoms with Gasteiger partial charge in [0.25, 0.3) is 0 Å². The monoisotopic (exact) mass is 223 g/mol. The number of nitrogens with zero attached hydrogens (tertiary/aromatic N) is 3. The molecule has 0 spiro atoms. The van der Waals surface area contributed by atoms with Gasteiger partial charge in [-0.15, -0.1) is 5.10 Å². The molecule has 1 aliphatic rings. The molecule has 2 unspecified atom stereocenters. The van der Waals surface area contributed by atoms with E-state index in [-0.39, 0.29) is 5.41 Å². The molecule has 2 rings (SSSR count). The minimum atomic E-state index is -0.764. The Morgan fingerprint density at radius 3 is 2.62 bits per heavy atom. The zero-order valence-electron chi connectivity index (χ0n) is 10.6. The van der Waals surface area contributed by atoms with Crippen LogP contribution in [0.5, 0.6) is 0 Å². The van der Waals surface area contributed by atoms with E-state index < -0.39 is 5.60 Å². The van der Waals surface area contributed by atoms with Crippen molar-refractivity contribution >= 4 is 0 Å². The van der Waals surface area contributed by atoms with Crippen molar-refractivity contribution < 1.29 is 5.11 Å². The van der Waals surface area contributed by atoms with E-state index in [1.165, 1.54) is 6.42 Å². The first kappa shape index (κ1) is 11.6. The van der Waals surface area contributed by atoms with E-state index >= 15 is 0 Å². The molecular formula is C12H21N3O. The lowest BCUT2D eigenvalue weighted by Crippen LogP contribution is -2.41. The molecule has 0 saturated heterocycles. The Kier molecular flexibility index (Phi) is 2.57. The topological polar surface area (TPSA) is 50.9 Å². The van der Waals surface area contributed by atoms with E-state index in [9.17, 15) is 5.11 Å². The van der Waals surface area contributed by atoms with Gasteiger partial charge in [-0.05, 0) is 30.6 Å². The van der Waals surface area contributed by atoms with E-state index in [1.807, 2.05) is 7.05 Å². The molecule has 0 radical (unpaired) electrons. The first-order chi connectivity index (χ1) is 7.32. The minimum absolute atomic E-state index is 0.177. The number of rotatable bonds is 1. The fourth-order valence-corrected chi connectivity index (χ4v) is 3.43. The lowest BCUT2D eigenvalue weighted by Gasteiger charge is -2.44. The molecule has 1 fully saturated rings. The number of aromatic nitrogens is 3. The van der Waals surface area contributed by atoms with Crippen molar-refractivity contribution in [3.63, 3.8) is 0 Å². The average molecular weight is 223 g/mol. The summed E-state index contributed by atoms with van der Waals surface area (Å²) in [5.41, 5.74) is 0.253. The van der Waals surface area contributed by atoms with Crippen LogP contribution in [-0.4, -0.2) is 20.1 Å². The van der Waals surface area contributed by atoms with Gasteiger partial charge in [-0.1, -0.05) is 26.0 Å². The van der Waals surface area contributed by atoms with Crippen molar-refractivity contribution in [1.29, 1.82) is 0 Å². The third kappa shape index (κ3) is 1.98. The summed E-state index contributed by atoms with van der Waals surface area (Å²) < 4.78 is 1.69. The fraction of sp³-hybridized carbons (Fsp3) is 0.833. The molecule has 0 aromatic carbocycles. The van der Waals surface area contributed by atoms with Crippen LogP contribution in [0.25, 0.3) is 0 Å². The van der Waals surface area contributed by atoms with Crippen LogP contribution < -0.4 is 0 Å². The third-order valence-corrected chi connectivity index (χ3v) is 3.55. The second-order valence-electron chi connectivity index (χ2n) is 6.13. The maximum absolute atomic E-state index is 10.8. The Bertz CT molecular complexity index is 385. The third-order valence-electron chi connectivity index (χ3n) is 3.55. The zero-order chi connectivity index (χ0) is 12.0. The van der Waals surface area contributed by atoms with Crippen LogP contribution in [-0.2, 0) is 12.6 Å². The second-order valence-corrected chi connectivity index (χ2v) is 6.13. The van der Waals surface area contributed by atoms with Gasteiger partial charge in [-0.3, -0.25) is 0 Å². The summed E-state index contributed by atoms with van der Waals surface area (Å²) in [5, 5.41) is 18.6. The normalized spacial score (nSPS) is 33.9. The number of aryl methyl sites for hydroxylation is 1. The maximum atomic E-state index is 10.8. The quantitative estimate of drug-likeness (QED) is 0.790. The molecule has 16 heavy (non-hydrogen) atoms. The minimum Gasteiger partial charge on any atom is -0.383 e. The van der Waals surface area contributed by atoms with E-state index in [1.54, 1.807) is 10.9 Å². The van der Waals surface area contributed by atoms with Crippen LogP contribution in [0.1, 0.15) is 45.7 Å². The van der Waals surface area contributed by atoms with Gasteiger partial charge in [-0.2, -0.15) is 0 Å². The number of aliphatic hydroxyl groups is 1. The summed E-state index contributed by atoms with van der Waals surface area (Å²) in [4.78, 5) is 0. The van der Waals surface area contributed by atoms with Crippen LogP contribution in [0.3, 0.4) is 0 Å². The second kappa shape index (κ2) is 3.55. The van der Waals surface area contributed by atoms with Crippen molar-refractivity contribution in [3.05, 3.63) is 11.9 Å². The lowest BCUT2D eigenvalue weighted by molar-refractivity contribution is -0.0689. The van der Waals surface area contributed by atoms with Crippen molar-refractivity contribution in [2.75, 3.05) is 0 Å². The molecule has 90 valence electrons. The summed E-state index contributed by atoms with van der Waals surface area (Å²) in [7, 11) is 1.84. The molecule has 1 N–H and O–H groups in total. The fourth-order valence-electron chi connectivity index (χ4n) is 3.43. The first-order valence-corrected chi connectivity index (χ1v) is 5.90. The maximum Gasteiger partial charge on any atom is 0.109 e. The van der Waals surface area contributed by atoms with Crippen molar-refractivity contribution in [1.82, 2.24) is 15.0 Å². The van der Waals surface area contributed by atoms with Gasteiger partial charge in [0.15, 0.2) is 0 Å². The van der Waals surface area contributed by atoms with E-state index in [0.717, 1.165) is 18.5 Å². The van der Waals surface area contributed by atoms with Gasteiger partial charge >= 0.3 is 0 Å². The lowest BCUT2D eigenvalue weighted by atomic mass is 9.65. The van der Waals surface area contributed by atoms with Gasteiger partial charge in [0, 0.05) is 7.05 Å². The predicted octanol–water partition coefficient (Wildman–Crippen LogP) is 1.85. The van der Waals surface area contributed by atoms with Crippen LogP contribution >= 0.6 is 0 Å². The smallest absolute Gasteiger partial charge is 0.109 e. The Morgan fingerprint density at radius 1 is 1.44 bits per heavy atom. The summed E-state index contributed by atoms with van der Waals surface area (Å²) in [6.45, 7) is 6.64. The Morgan fingerprint density at radius 2 is 2.12 bits per heavy atom. The molecule has 1 heterocycles. The van der Waals surface area contributed by atoms with Crippen molar-refractivity contribution in [2.24, 2.45) is 18.4 Å². The predicted molar refractivity (Wildman–Crippen MR) is 61.7 cm³/mol. The highest BCUT2D eigenvalue weighted by Gasteiger charge is 2.44. The molecule has 0 bridgehead atoms. The molecule has 1 saturated carbocycles. The molecule has 1 aliphatic carbocycles. The molecule has 1 aromatic heterocycles. The average Bonchev–Trinajstić information content (AvgIpc) is 2.46. The largest absolute Gasteiger partial charge is 0.383 e. The summed E-state index contributed by atoms with van der Waals surface area (Å²) >= 11 is 0.